The number of aromatic nitrogens is 1. The number of rotatable bonds is 7. The van der Waals surface area contributed by atoms with E-state index in [1.807, 2.05) is 0 Å². The maximum Gasteiger partial charge on any atom is 0.252 e. The van der Waals surface area contributed by atoms with Crippen LogP contribution in [0.2, 0.25) is 0 Å². The highest BCUT2D eigenvalue weighted by atomic mass is 28.3. The molecule has 2 aliphatic heterocycles. The molecule has 3 nitrogen and oxygen atoms in total. The summed E-state index contributed by atoms with van der Waals surface area (Å²) < 4.78 is 2.54. The van der Waals surface area contributed by atoms with Gasteiger partial charge in [0, 0.05) is 50.6 Å². The molecule has 0 aliphatic carbocycles. The summed E-state index contributed by atoms with van der Waals surface area (Å²) in [7, 11) is -2.98. The molecular weight excluding hydrogens is 994 g/mol. The zero-order valence-corrected chi connectivity index (χ0v) is 50.4. The van der Waals surface area contributed by atoms with E-state index in [0.29, 0.717) is 0 Å². The fourth-order valence-electron chi connectivity index (χ4n) is 13.7. The fourth-order valence-corrected chi connectivity index (χ4v) is 18.5. The van der Waals surface area contributed by atoms with Crippen LogP contribution < -0.4 is 46.9 Å². The lowest BCUT2D eigenvalue weighted by Crippen LogP contribution is -2.75. The first kappa shape index (κ1) is 52.3. The summed E-state index contributed by atoms with van der Waals surface area (Å²) in [5.74, 6) is 0. The third kappa shape index (κ3) is 8.44. The highest BCUT2D eigenvalue weighted by molar-refractivity contribution is 7.20. The molecule has 13 rings (SSSR count). The van der Waals surface area contributed by atoms with Crippen molar-refractivity contribution in [3.63, 3.8) is 0 Å². The van der Waals surface area contributed by atoms with Gasteiger partial charge < -0.3 is 14.4 Å². The van der Waals surface area contributed by atoms with Gasteiger partial charge in [0.05, 0.1) is 11.0 Å². The second-order valence-corrected chi connectivity index (χ2v) is 30.8. The molecule has 1 aromatic heterocycles. The average Bonchev–Trinajstić information content (AvgIpc) is 3.83. The summed E-state index contributed by atoms with van der Waals surface area (Å²) in [5, 5.41) is 8.04. The third-order valence-electron chi connectivity index (χ3n) is 17.7. The van der Waals surface area contributed by atoms with Gasteiger partial charge in [-0.3, -0.25) is 0 Å². The number of hydrogen-bond acceptors (Lipinski definition) is 2. The lowest BCUT2D eigenvalue weighted by molar-refractivity contribution is 0.590. The summed E-state index contributed by atoms with van der Waals surface area (Å²) in [6.07, 6.45) is 0. The Kier molecular flexibility index (Phi) is 12.3. The molecule has 81 heavy (non-hydrogen) atoms. The van der Waals surface area contributed by atoms with Gasteiger partial charge in [0.25, 0.3) is 6.71 Å². The third-order valence-corrected chi connectivity index (χ3v) is 22.5. The number of fused-ring (bicyclic) bond motifs is 7. The summed E-state index contributed by atoms with van der Waals surface area (Å²) in [4.78, 5) is 5.26. The van der Waals surface area contributed by atoms with Crippen LogP contribution in [-0.4, -0.2) is 19.4 Å². The predicted molar refractivity (Wildman–Crippen MR) is 353 cm³/mol. The van der Waals surface area contributed by atoms with E-state index in [2.05, 4.69) is 328 Å². The lowest BCUT2D eigenvalue weighted by Gasteiger charge is -2.46. The molecule has 0 bridgehead atoms. The molecule has 0 saturated heterocycles. The number of benzene rings is 10. The highest BCUT2D eigenvalue weighted by Crippen LogP contribution is 2.49. The van der Waals surface area contributed by atoms with Gasteiger partial charge in [0.2, 0.25) is 0 Å². The first-order chi connectivity index (χ1) is 38.7. The van der Waals surface area contributed by atoms with E-state index >= 15 is 0 Å². The standard InChI is InChI=1S/C76H74BN3Si/c1-73(2,3)51-39-44-64-58(47-51)59-48-52(74(4,5)6)40-45-65(59)78(64)53-41-43-62-71(49-53)80(67-36-25-23-34-61(67)76(10,11)12)70-38-26-37-69-72(70)77(62)63-50-57(42-46-68(63)79(69)66-35-24-22-33-60(66)75(7,8)9)81(54-27-16-13-17-28-54,55-29-18-14-19-30-55)56-31-20-15-21-32-56/h13-50H,1-12H3. The largest absolute Gasteiger partial charge is 0.311 e. The molecule has 0 spiro atoms. The molecule has 0 amide bonds. The summed E-state index contributed by atoms with van der Waals surface area (Å²) >= 11 is 0. The Morgan fingerprint density at radius 2 is 0.741 bits per heavy atom. The van der Waals surface area contributed by atoms with Crippen LogP contribution in [0.5, 0.6) is 0 Å². The number of para-hydroxylation sites is 2. The summed E-state index contributed by atoms with van der Waals surface area (Å²) in [6.45, 7) is 28.0. The predicted octanol–water partition coefficient (Wildman–Crippen LogP) is 15.4. The zero-order chi connectivity index (χ0) is 56.4. The quantitative estimate of drug-likeness (QED) is 0.116. The average molecular weight is 1070 g/mol. The maximum absolute atomic E-state index is 2.98. The number of nitrogens with zero attached hydrogens (tertiary/aromatic N) is 3. The second kappa shape index (κ2) is 19.0. The minimum Gasteiger partial charge on any atom is -0.311 e. The molecule has 5 heteroatoms. The maximum atomic E-state index is 2.66. The Morgan fingerprint density at radius 3 is 1.20 bits per heavy atom. The van der Waals surface area contributed by atoms with Crippen LogP contribution in [-0.2, 0) is 21.7 Å². The minimum absolute atomic E-state index is 0.00471. The van der Waals surface area contributed by atoms with Gasteiger partial charge in [-0.25, -0.2) is 0 Å². The van der Waals surface area contributed by atoms with Crippen molar-refractivity contribution >= 4 is 108 Å². The van der Waals surface area contributed by atoms with E-state index < -0.39 is 8.07 Å². The van der Waals surface area contributed by atoms with Crippen LogP contribution >= 0.6 is 0 Å². The minimum atomic E-state index is -2.98. The van der Waals surface area contributed by atoms with Gasteiger partial charge in [0.1, 0.15) is 0 Å². The Morgan fingerprint density at radius 1 is 0.309 bits per heavy atom. The molecule has 0 N–H and O–H groups in total. The first-order valence-electron chi connectivity index (χ1n) is 29.2. The smallest absolute Gasteiger partial charge is 0.252 e. The molecule has 10 aromatic carbocycles. The van der Waals surface area contributed by atoms with E-state index in [9.17, 15) is 0 Å². The molecule has 0 atom stereocenters. The SMILES string of the molecule is CC(C)(C)c1ccc2c(c1)c1cc(C(C)(C)C)ccc1n2-c1ccc2c(c1)N(c1ccccc1C(C)(C)C)c1cccc3c1B2c1cc([Si](c2ccccc2)(c2ccccc2)c2ccccc2)ccc1N3c1ccccc1C(C)(C)C. The summed E-state index contributed by atoms with van der Waals surface area (Å²) in [5.41, 5.74) is 19.8. The van der Waals surface area contributed by atoms with Crippen molar-refractivity contribution in [3.05, 3.63) is 253 Å². The van der Waals surface area contributed by atoms with E-state index in [1.165, 1.54) is 115 Å². The van der Waals surface area contributed by atoms with E-state index in [0.717, 1.165) is 5.69 Å². The van der Waals surface area contributed by atoms with Crippen molar-refractivity contribution in [3.8, 4) is 5.69 Å². The molecule has 11 aromatic rings. The topological polar surface area (TPSA) is 11.4 Å². The van der Waals surface area contributed by atoms with Crippen LogP contribution in [0.4, 0.5) is 34.1 Å². The second-order valence-electron chi connectivity index (χ2n) is 27.0. The monoisotopic (exact) mass is 1070 g/mol. The van der Waals surface area contributed by atoms with Crippen LogP contribution in [0, 0.1) is 0 Å². The van der Waals surface area contributed by atoms with E-state index in [1.54, 1.807) is 0 Å². The van der Waals surface area contributed by atoms with E-state index in [-0.39, 0.29) is 28.4 Å². The Hall–Kier alpha value is -8.12. The van der Waals surface area contributed by atoms with Crippen LogP contribution in [0.3, 0.4) is 0 Å². The first-order valence-corrected chi connectivity index (χ1v) is 31.2. The lowest BCUT2D eigenvalue weighted by atomic mass is 9.33. The van der Waals surface area contributed by atoms with Crippen LogP contribution in [0.25, 0.3) is 27.5 Å². The Labute approximate surface area is 482 Å². The molecule has 0 fully saturated rings. The van der Waals surface area contributed by atoms with Crippen molar-refractivity contribution in [2.75, 3.05) is 9.80 Å². The number of hydrogen-bond donors (Lipinski definition) is 0. The van der Waals surface area contributed by atoms with Crippen molar-refractivity contribution < 1.29 is 0 Å². The fraction of sp³-hybridized carbons (Fsp3) is 0.211. The Bertz CT molecular complexity index is 4060. The van der Waals surface area contributed by atoms with Crippen molar-refractivity contribution in [2.24, 2.45) is 0 Å². The van der Waals surface area contributed by atoms with Crippen molar-refractivity contribution in [1.29, 1.82) is 0 Å². The van der Waals surface area contributed by atoms with E-state index in [4.69, 9.17) is 0 Å². The van der Waals surface area contributed by atoms with Gasteiger partial charge in [-0.15, -0.1) is 0 Å². The van der Waals surface area contributed by atoms with Crippen molar-refractivity contribution in [1.82, 2.24) is 4.57 Å². The molecule has 0 radical (unpaired) electrons. The molecule has 2 aliphatic rings. The van der Waals surface area contributed by atoms with Gasteiger partial charge in [-0.1, -0.05) is 247 Å². The molecule has 0 saturated carbocycles. The highest BCUT2D eigenvalue weighted by Gasteiger charge is 2.47. The van der Waals surface area contributed by atoms with Gasteiger partial charge in [-0.2, -0.15) is 0 Å². The number of anilines is 6. The zero-order valence-electron chi connectivity index (χ0n) is 49.4. The van der Waals surface area contributed by atoms with Gasteiger partial charge in [-0.05, 0) is 148 Å². The molecule has 400 valence electrons. The molecular formula is C76H74BN3Si. The van der Waals surface area contributed by atoms with Crippen LogP contribution in [0.1, 0.15) is 105 Å². The van der Waals surface area contributed by atoms with Crippen LogP contribution in [0.15, 0.2) is 231 Å². The normalized spacial score (nSPS) is 13.6. The van der Waals surface area contributed by atoms with Gasteiger partial charge >= 0.3 is 0 Å². The molecule has 0 unspecified atom stereocenters. The Balaban J connectivity index is 1.16. The summed E-state index contributed by atoms with van der Waals surface area (Å²) in [6, 6.07) is 89.1. The molecule has 3 heterocycles. The van der Waals surface area contributed by atoms with Gasteiger partial charge in [0.15, 0.2) is 8.07 Å². The van der Waals surface area contributed by atoms with Crippen molar-refractivity contribution in [2.45, 2.75) is 105 Å².